The van der Waals surface area contributed by atoms with Gasteiger partial charge in [0.1, 0.15) is 11.6 Å². The number of amidine groups is 1. The number of halogens is 4. The van der Waals surface area contributed by atoms with Crippen molar-refractivity contribution in [2.75, 3.05) is 26.3 Å². The van der Waals surface area contributed by atoms with E-state index >= 15 is 0 Å². The van der Waals surface area contributed by atoms with E-state index in [1.54, 1.807) is 13.8 Å². The number of nitrogens with one attached hydrogen (secondary N) is 2. The Labute approximate surface area is 216 Å². The molecular formula is C24H33F4N6O2P. The number of phenolic OH excluding ortho intramolecular Hbond substituents is 1. The van der Waals surface area contributed by atoms with Crippen molar-refractivity contribution in [2.45, 2.75) is 44.7 Å². The van der Waals surface area contributed by atoms with Crippen LogP contribution in [0.2, 0.25) is 0 Å². The lowest BCUT2D eigenvalue weighted by molar-refractivity contribution is -0.113. The second-order valence-electron chi connectivity index (χ2n) is 8.88. The molecule has 1 unspecified atom stereocenters. The van der Waals surface area contributed by atoms with Crippen LogP contribution in [-0.4, -0.2) is 66.9 Å². The van der Waals surface area contributed by atoms with Gasteiger partial charge in [0.25, 0.3) is 5.66 Å². The lowest BCUT2D eigenvalue weighted by Crippen LogP contribution is -2.39. The van der Waals surface area contributed by atoms with Gasteiger partial charge in [-0.1, -0.05) is 9.24 Å². The minimum Gasteiger partial charge on any atom is -0.507 e. The summed E-state index contributed by atoms with van der Waals surface area (Å²) >= 11 is 0. The van der Waals surface area contributed by atoms with Crippen LogP contribution in [0.3, 0.4) is 0 Å². The third kappa shape index (κ3) is 9.85. The van der Waals surface area contributed by atoms with Gasteiger partial charge in [0.15, 0.2) is 0 Å². The number of alkyl halides is 4. The molecule has 0 radical (unpaired) electrons. The molecule has 0 aliphatic heterocycles. The molecule has 0 heterocycles. The van der Waals surface area contributed by atoms with E-state index in [0.29, 0.717) is 43.9 Å². The number of rotatable bonds is 14. The molecule has 204 valence electrons. The molecule has 1 aliphatic carbocycles. The zero-order valence-corrected chi connectivity index (χ0v) is 22.0. The zero-order chi connectivity index (χ0) is 27.6. The van der Waals surface area contributed by atoms with Crippen molar-refractivity contribution in [3.63, 3.8) is 0 Å². The quantitative estimate of drug-likeness (QED) is 0.0627. The van der Waals surface area contributed by atoms with Crippen LogP contribution >= 0.6 is 9.24 Å². The van der Waals surface area contributed by atoms with Crippen LogP contribution in [0.4, 0.5) is 17.6 Å². The maximum Gasteiger partial charge on any atom is 0.284 e. The average Bonchev–Trinajstić information content (AvgIpc) is 2.78. The Morgan fingerprint density at radius 3 is 2.62 bits per heavy atom. The van der Waals surface area contributed by atoms with Crippen molar-refractivity contribution >= 4 is 33.9 Å². The molecule has 1 saturated carbocycles. The molecule has 0 aromatic heterocycles. The van der Waals surface area contributed by atoms with Gasteiger partial charge < -0.3 is 10.4 Å². The highest BCUT2D eigenvalue weighted by molar-refractivity contribution is 7.17. The van der Waals surface area contributed by atoms with E-state index in [0.717, 1.165) is 6.07 Å². The number of nitrogens with zero attached hydrogens (tertiary/aromatic N) is 4. The van der Waals surface area contributed by atoms with Crippen LogP contribution in [0.15, 0.2) is 39.5 Å². The number of hydrogen-bond donors (Lipinski definition) is 3. The first-order valence-corrected chi connectivity index (χ1v) is 12.2. The highest BCUT2D eigenvalue weighted by atomic mass is 31.0. The molecule has 3 N–H and O–H groups in total. The van der Waals surface area contributed by atoms with Gasteiger partial charge in [-0.2, -0.15) is 13.9 Å². The van der Waals surface area contributed by atoms with Crippen molar-refractivity contribution in [1.29, 1.82) is 0 Å². The normalized spacial score (nSPS) is 16.6. The summed E-state index contributed by atoms with van der Waals surface area (Å²) in [6.07, 6.45) is 3.85. The van der Waals surface area contributed by atoms with E-state index in [1.165, 1.54) is 27.6 Å². The van der Waals surface area contributed by atoms with Crippen molar-refractivity contribution in [3.05, 3.63) is 41.1 Å². The predicted octanol–water partition coefficient (Wildman–Crippen LogP) is 3.99. The summed E-state index contributed by atoms with van der Waals surface area (Å²) < 4.78 is 53.8. The molecule has 0 bridgehead atoms. The molecule has 1 aliphatic rings. The van der Waals surface area contributed by atoms with E-state index in [2.05, 4.69) is 32.5 Å². The first-order chi connectivity index (χ1) is 17.4. The van der Waals surface area contributed by atoms with E-state index in [4.69, 9.17) is 0 Å². The third-order valence-electron chi connectivity index (χ3n) is 5.83. The van der Waals surface area contributed by atoms with Gasteiger partial charge in [0, 0.05) is 56.5 Å². The predicted molar refractivity (Wildman–Crippen MR) is 141 cm³/mol. The van der Waals surface area contributed by atoms with Gasteiger partial charge in [-0.05, 0) is 50.0 Å². The van der Waals surface area contributed by atoms with Gasteiger partial charge in [-0.3, -0.25) is 20.1 Å². The number of hydrogen-bond acceptors (Lipinski definition) is 6. The zero-order valence-electron chi connectivity index (χ0n) is 20.9. The number of aromatic hydroxyl groups is 1. The summed E-state index contributed by atoms with van der Waals surface area (Å²) in [7, 11) is 1.44. The minimum absolute atomic E-state index is 0.0508. The Bertz CT molecular complexity index is 1010. The molecule has 1 fully saturated rings. The number of aryl methyl sites for hydroxylation is 1. The van der Waals surface area contributed by atoms with Crippen LogP contribution in [0.1, 0.15) is 42.9 Å². The van der Waals surface area contributed by atoms with Crippen molar-refractivity contribution in [3.8, 4) is 5.75 Å². The van der Waals surface area contributed by atoms with Gasteiger partial charge in [0.05, 0.1) is 12.4 Å². The summed E-state index contributed by atoms with van der Waals surface area (Å²) in [5.41, 5.74) is -0.179. The number of allylic oxidation sites excluding steroid dienone is 1. The number of phenols is 1. The molecular weight excluding hydrogens is 511 g/mol. The number of carbonyl (C=O) groups is 1. The van der Waals surface area contributed by atoms with E-state index in [-0.39, 0.29) is 48.0 Å². The molecule has 37 heavy (non-hydrogen) atoms. The molecule has 1 aromatic rings. The molecule has 0 saturated heterocycles. The van der Waals surface area contributed by atoms with Gasteiger partial charge in [-0.15, -0.1) is 0 Å². The third-order valence-corrected chi connectivity index (χ3v) is 6.16. The number of carbonyl (C=O) groups excluding carboxylic acids is 1. The Kier molecular flexibility index (Phi) is 11.2. The minimum atomic E-state index is -3.21. The fourth-order valence-corrected chi connectivity index (χ4v) is 4.11. The summed E-state index contributed by atoms with van der Waals surface area (Å²) in [6.45, 7) is 8.08. The molecule has 1 aromatic carbocycles. The van der Waals surface area contributed by atoms with Gasteiger partial charge >= 0.3 is 0 Å². The first-order valence-electron chi connectivity index (χ1n) is 11.6. The standard InChI is InChI=1S/C24H33F4N6O2P/c1-16-10-19(24(27,28)37)11-21(36)22(16)20(4-6-32-29-3)33-17(2)31-14-34(9-7-30-15-35)8-5-18-12-23(25,26)13-18/h4,6,10-11,15,18,32,36H,3,5,7-9,12-14,37H2,1-2H3,(H,30,35)/b6-4-,31-17+,33-20+. The Hall–Kier alpha value is -2.85. The van der Waals surface area contributed by atoms with E-state index in [9.17, 15) is 27.5 Å². The van der Waals surface area contributed by atoms with Crippen molar-refractivity contribution in [2.24, 2.45) is 21.0 Å². The van der Waals surface area contributed by atoms with Crippen LogP contribution in [0, 0.1) is 12.8 Å². The SMILES string of the molecule is C=NN\C=C/C(=N\C(C)=N\CN(CCNC=O)CCC1CC(F)(F)C1)c1c(C)cc(C(F)(F)P)cc1O. The topological polar surface area (TPSA) is 102 Å². The monoisotopic (exact) mass is 544 g/mol. The second kappa shape index (κ2) is 13.6. The highest BCUT2D eigenvalue weighted by Gasteiger charge is 2.44. The number of benzene rings is 1. The number of hydrazone groups is 1. The maximum absolute atomic E-state index is 13.8. The Morgan fingerprint density at radius 2 is 2.05 bits per heavy atom. The van der Waals surface area contributed by atoms with Crippen molar-refractivity contribution < 1.29 is 27.5 Å². The van der Waals surface area contributed by atoms with E-state index in [1.807, 2.05) is 4.90 Å². The molecule has 0 spiro atoms. The fourth-order valence-electron chi connectivity index (χ4n) is 3.94. The maximum atomic E-state index is 13.8. The van der Waals surface area contributed by atoms with E-state index < -0.39 is 11.6 Å². The second-order valence-corrected chi connectivity index (χ2v) is 9.61. The number of amides is 1. The average molecular weight is 545 g/mol. The highest BCUT2D eigenvalue weighted by Crippen LogP contribution is 2.44. The summed E-state index contributed by atoms with van der Waals surface area (Å²) in [4.78, 5) is 21.4. The summed E-state index contributed by atoms with van der Waals surface area (Å²) in [5, 5.41) is 16.6. The molecule has 1 atom stereocenters. The van der Waals surface area contributed by atoms with Crippen LogP contribution in [0.5, 0.6) is 5.75 Å². The van der Waals surface area contributed by atoms with Gasteiger partial charge in [-0.25, -0.2) is 13.8 Å². The summed E-state index contributed by atoms with van der Waals surface area (Å²) in [5.74, 6) is -2.68. The first kappa shape index (κ1) is 30.4. The van der Waals surface area contributed by atoms with Crippen molar-refractivity contribution in [1.82, 2.24) is 15.6 Å². The smallest absolute Gasteiger partial charge is 0.284 e. The van der Waals surface area contributed by atoms with Gasteiger partial charge in [0.2, 0.25) is 12.3 Å². The lowest BCUT2D eigenvalue weighted by Gasteiger charge is -2.36. The van der Waals surface area contributed by atoms with Crippen LogP contribution in [0.25, 0.3) is 0 Å². The molecule has 2 rings (SSSR count). The van der Waals surface area contributed by atoms with Crippen LogP contribution in [-0.2, 0) is 10.5 Å². The molecule has 1 amide bonds. The largest absolute Gasteiger partial charge is 0.507 e. The molecule has 13 heteroatoms. The van der Waals surface area contributed by atoms with Crippen LogP contribution < -0.4 is 10.7 Å². The lowest BCUT2D eigenvalue weighted by atomic mass is 9.79. The summed E-state index contributed by atoms with van der Waals surface area (Å²) in [6, 6.07) is 2.25. The molecule has 8 nitrogen and oxygen atoms in total. The Balaban J connectivity index is 2.25. The number of aliphatic imine (C=N–C) groups is 2. The Morgan fingerprint density at radius 1 is 1.35 bits per heavy atom. The fraction of sp³-hybridized carbons (Fsp3) is 0.500.